The van der Waals surface area contributed by atoms with Gasteiger partial charge < -0.3 is 19.5 Å². The van der Waals surface area contributed by atoms with Crippen LogP contribution < -0.4 is 9.47 Å². The van der Waals surface area contributed by atoms with Crippen molar-refractivity contribution in [2.24, 2.45) is 5.92 Å². The molecule has 1 aliphatic carbocycles. The Hall–Kier alpha value is -1.59. The molecule has 39 heavy (non-hydrogen) atoms. The Morgan fingerprint density at radius 1 is 0.872 bits per heavy atom. The zero-order valence-electron chi connectivity index (χ0n) is 25.1. The zero-order valence-corrected chi connectivity index (χ0v) is 25.1. The van der Waals surface area contributed by atoms with Gasteiger partial charge >= 0.3 is 0 Å². The van der Waals surface area contributed by atoms with E-state index in [2.05, 4.69) is 18.9 Å². The average Bonchev–Trinajstić information content (AvgIpc) is 3.50. The molecule has 222 valence electrons. The molecule has 0 radical (unpaired) electrons. The topological polar surface area (TPSA) is 59.0 Å². The number of fused-ring (bicyclic) bond motifs is 1. The van der Waals surface area contributed by atoms with Crippen LogP contribution in [0, 0.1) is 5.92 Å². The minimum Gasteiger partial charge on any atom is -0.486 e. The van der Waals surface area contributed by atoms with Gasteiger partial charge in [0.05, 0.1) is 6.10 Å². The summed E-state index contributed by atoms with van der Waals surface area (Å²) in [5.74, 6) is 1.60. The van der Waals surface area contributed by atoms with Gasteiger partial charge in [0.25, 0.3) is 0 Å². The summed E-state index contributed by atoms with van der Waals surface area (Å²) < 4.78 is 11.4. The zero-order chi connectivity index (χ0) is 27.7. The standard InChI is InChI=1S/C34H57NO4/c1-3-4-5-6-7-8-9-10-11-12-13-14-15-20-31(36)25-29(27-35(2)30-18-16-17-19-30)34(37)28-21-22-32-33(26-28)39-24-23-38-32/h21-22,26,29-30,34,37H,3-20,23-25,27H2,1-2H3/t29-,34+/m1/s1. The molecule has 0 aromatic heterocycles. The van der Waals surface area contributed by atoms with Crippen LogP contribution in [0.2, 0.25) is 0 Å². The SMILES string of the molecule is CCCCCCCCCCCCCCCC(=O)C[C@H](CN(C)C1CCCC1)[C@@H](O)c1ccc2c(c1)OCCO2. The molecule has 1 aromatic carbocycles. The Kier molecular flexibility index (Phi) is 15.3. The Morgan fingerprint density at radius 3 is 2.05 bits per heavy atom. The minimum atomic E-state index is -0.694. The van der Waals surface area contributed by atoms with Gasteiger partial charge in [-0.2, -0.15) is 0 Å². The first-order chi connectivity index (χ1) is 19.1. The van der Waals surface area contributed by atoms with Crippen molar-refractivity contribution in [3.8, 4) is 11.5 Å². The van der Waals surface area contributed by atoms with Gasteiger partial charge in [-0.1, -0.05) is 103 Å². The average molecular weight is 544 g/mol. The summed E-state index contributed by atoms with van der Waals surface area (Å²) in [7, 11) is 2.16. The van der Waals surface area contributed by atoms with E-state index in [1.54, 1.807) is 0 Å². The quantitative estimate of drug-likeness (QED) is 0.158. The van der Waals surface area contributed by atoms with E-state index in [4.69, 9.17) is 9.47 Å². The van der Waals surface area contributed by atoms with Crippen LogP contribution in [0.25, 0.3) is 0 Å². The number of hydrogen-bond donors (Lipinski definition) is 1. The molecule has 2 atom stereocenters. The molecule has 0 unspecified atom stereocenters. The van der Waals surface area contributed by atoms with E-state index in [-0.39, 0.29) is 5.92 Å². The summed E-state index contributed by atoms with van der Waals surface area (Å²) in [6.07, 6.45) is 22.4. The molecule has 0 bridgehead atoms. The summed E-state index contributed by atoms with van der Waals surface area (Å²) >= 11 is 0. The van der Waals surface area contributed by atoms with E-state index in [1.807, 2.05) is 18.2 Å². The van der Waals surface area contributed by atoms with Crippen LogP contribution in [0.1, 0.15) is 141 Å². The summed E-state index contributed by atoms with van der Waals surface area (Å²) in [5.41, 5.74) is 0.817. The van der Waals surface area contributed by atoms with Gasteiger partial charge in [0.1, 0.15) is 19.0 Å². The molecular weight excluding hydrogens is 486 g/mol. The number of Topliss-reactive ketones (excluding diaryl/α,β-unsaturated/α-hetero) is 1. The van der Waals surface area contributed by atoms with E-state index < -0.39 is 6.10 Å². The summed E-state index contributed by atoms with van der Waals surface area (Å²) in [4.78, 5) is 15.4. The Labute approximate surface area is 239 Å². The molecule has 1 aromatic rings. The molecule has 1 saturated carbocycles. The number of nitrogens with zero attached hydrogens (tertiary/aromatic N) is 1. The number of carbonyl (C=O) groups is 1. The van der Waals surface area contributed by atoms with E-state index in [0.29, 0.717) is 43.6 Å². The third-order valence-corrected chi connectivity index (χ3v) is 8.87. The van der Waals surface area contributed by atoms with Crippen molar-refractivity contribution >= 4 is 5.78 Å². The normalized spacial score (nSPS) is 17.0. The molecule has 3 rings (SSSR count). The smallest absolute Gasteiger partial charge is 0.161 e. The number of ether oxygens (including phenoxy) is 2. The lowest BCUT2D eigenvalue weighted by atomic mass is 9.89. The number of ketones is 1. The number of rotatable bonds is 21. The van der Waals surface area contributed by atoms with Crippen LogP contribution in [0.15, 0.2) is 18.2 Å². The molecule has 1 heterocycles. The van der Waals surface area contributed by atoms with Gasteiger partial charge in [0.2, 0.25) is 0 Å². The molecule has 0 spiro atoms. The highest BCUT2D eigenvalue weighted by molar-refractivity contribution is 5.78. The second-order valence-electron chi connectivity index (χ2n) is 12.2. The number of aliphatic hydroxyl groups is 1. The lowest BCUT2D eigenvalue weighted by Crippen LogP contribution is -2.36. The first-order valence-electron chi connectivity index (χ1n) is 16.4. The first kappa shape index (κ1) is 31.9. The lowest BCUT2D eigenvalue weighted by molar-refractivity contribution is -0.121. The number of aliphatic hydroxyl groups excluding tert-OH is 1. The van der Waals surface area contributed by atoms with E-state index in [0.717, 1.165) is 30.7 Å². The Bertz CT molecular complexity index is 806. The third-order valence-electron chi connectivity index (χ3n) is 8.87. The molecule has 2 aliphatic rings. The van der Waals surface area contributed by atoms with Gasteiger partial charge in [-0.25, -0.2) is 0 Å². The fourth-order valence-electron chi connectivity index (χ4n) is 6.39. The molecule has 1 fully saturated rings. The summed E-state index contributed by atoms with van der Waals surface area (Å²) in [6.45, 7) is 4.09. The van der Waals surface area contributed by atoms with Gasteiger partial charge in [0, 0.05) is 31.3 Å². The predicted molar refractivity (Wildman–Crippen MR) is 161 cm³/mol. The molecular formula is C34H57NO4. The highest BCUT2D eigenvalue weighted by atomic mass is 16.6. The van der Waals surface area contributed by atoms with Crippen molar-refractivity contribution in [1.29, 1.82) is 0 Å². The van der Waals surface area contributed by atoms with Gasteiger partial charge in [-0.3, -0.25) is 4.79 Å². The lowest BCUT2D eigenvalue weighted by Gasteiger charge is -2.31. The second-order valence-corrected chi connectivity index (χ2v) is 12.2. The molecule has 5 heteroatoms. The van der Waals surface area contributed by atoms with Gasteiger partial charge in [-0.05, 0) is 44.0 Å². The second kappa shape index (κ2) is 18.7. The van der Waals surface area contributed by atoms with Crippen LogP contribution >= 0.6 is 0 Å². The van der Waals surface area contributed by atoms with Crippen molar-refractivity contribution in [3.63, 3.8) is 0 Å². The number of benzene rings is 1. The van der Waals surface area contributed by atoms with Crippen molar-refractivity contribution in [1.82, 2.24) is 4.90 Å². The maximum absolute atomic E-state index is 13.1. The van der Waals surface area contributed by atoms with Gasteiger partial charge in [-0.15, -0.1) is 0 Å². The van der Waals surface area contributed by atoms with Crippen LogP contribution in [-0.2, 0) is 4.79 Å². The summed E-state index contributed by atoms with van der Waals surface area (Å²) in [5, 5.41) is 11.4. The fraction of sp³-hybridized carbons (Fsp3) is 0.794. The fourth-order valence-corrected chi connectivity index (χ4v) is 6.39. The summed E-state index contributed by atoms with van der Waals surface area (Å²) in [6, 6.07) is 6.28. The molecule has 0 saturated heterocycles. The van der Waals surface area contributed by atoms with Crippen molar-refractivity contribution < 1.29 is 19.4 Å². The van der Waals surface area contributed by atoms with Crippen LogP contribution in [0.4, 0.5) is 0 Å². The number of hydrogen-bond acceptors (Lipinski definition) is 5. The van der Waals surface area contributed by atoms with E-state index in [1.165, 1.54) is 96.3 Å². The maximum Gasteiger partial charge on any atom is 0.161 e. The molecule has 5 nitrogen and oxygen atoms in total. The Morgan fingerprint density at radius 2 is 1.44 bits per heavy atom. The molecule has 0 amide bonds. The first-order valence-corrected chi connectivity index (χ1v) is 16.4. The molecule has 1 aliphatic heterocycles. The monoisotopic (exact) mass is 543 g/mol. The van der Waals surface area contributed by atoms with E-state index >= 15 is 0 Å². The van der Waals surface area contributed by atoms with Crippen LogP contribution in [0.5, 0.6) is 11.5 Å². The van der Waals surface area contributed by atoms with Crippen molar-refractivity contribution in [2.45, 2.75) is 141 Å². The highest BCUT2D eigenvalue weighted by Gasteiger charge is 2.29. The predicted octanol–water partition coefficient (Wildman–Crippen LogP) is 8.42. The van der Waals surface area contributed by atoms with Crippen LogP contribution in [-0.4, -0.2) is 48.6 Å². The third kappa shape index (κ3) is 11.8. The number of carbonyl (C=O) groups excluding carboxylic acids is 1. The minimum absolute atomic E-state index is 0.118. The Balaban J connectivity index is 1.38. The van der Waals surface area contributed by atoms with Crippen molar-refractivity contribution in [3.05, 3.63) is 23.8 Å². The highest BCUT2D eigenvalue weighted by Crippen LogP contribution is 2.36. The van der Waals surface area contributed by atoms with E-state index in [9.17, 15) is 9.90 Å². The number of unbranched alkanes of at least 4 members (excludes halogenated alkanes) is 12. The maximum atomic E-state index is 13.1. The van der Waals surface area contributed by atoms with Crippen molar-refractivity contribution in [2.75, 3.05) is 26.8 Å². The van der Waals surface area contributed by atoms with Crippen LogP contribution in [0.3, 0.4) is 0 Å². The molecule has 1 N–H and O–H groups in total. The largest absolute Gasteiger partial charge is 0.486 e. The van der Waals surface area contributed by atoms with Gasteiger partial charge in [0.15, 0.2) is 11.5 Å².